The summed E-state index contributed by atoms with van der Waals surface area (Å²) in [5.74, 6) is 0.337. The second kappa shape index (κ2) is 4.44. The molecule has 0 aliphatic carbocycles. The van der Waals surface area contributed by atoms with Crippen LogP contribution in [0.2, 0.25) is 0 Å². The highest BCUT2D eigenvalue weighted by atomic mass is 16.6. The van der Waals surface area contributed by atoms with Crippen LogP contribution >= 0.6 is 0 Å². The number of hydrogen-bond donors (Lipinski definition) is 0. The van der Waals surface area contributed by atoms with Crippen LogP contribution in [0, 0.1) is 21.4 Å². The molecule has 0 saturated carbocycles. The second-order valence-electron chi connectivity index (χ2n) is 4.06. The Hall–Kier alpha value is -3.27. The number of para-hydroxylation sites is 1. The highest BCUT2D eigenvalue weighted by Gasteiger charge is 2.19. The van der Waals surface area contributed by atoms with Crippen molar-refractivity contribution in [3.8, 4) is 17.5 Å². The molecule has 0 radical (unpaired) electrons. The molecule has 96 valence electrons. The lowest BCUT2D eigenvalue weighted by molar-refractivity contribution is -0.384. The molecule has 3 aromatic rings. The summed E-state index contributed by atoms with van der Waals surface area (Å²) in [6, 6.07) is 11.6. The van der Waals surface area contributed by atoms with E-state index < -0.39 is 4.92 Å². The number of nitrogens with zero attached hydrogens (tertiary/aromatic N) is 5. The standard InChI is InChI=1S/C13H7N5O2/c14-7-9-5-6-12-15-16-13(17(12)8-9)10-3-1-2-4-11(10)18(19)20/h1-6,8H. The van der Waals surface area contributed by atoms with Crippen LogP contribution in [0.1, 0.15) is 5.56 Å². The van der Waals surface area contributed by atoms with Crippen LogP contribution in [0.5, 0.6) is 0 Å². The Bertz CT molecular complexity index is 863. The zero-order valence-corrected chi connectivity index (χ0v) is 10.1. The number of hydrogen-bond acceptors (Lipinski definition) is 5. The Morgan fingerprint density at radius 3 is 2.75 bits per heavy atom. The fraction of sp³-hybridized carbons (Fsp3) is 0. The summed E-state index contributed by atoms with van der Waals surface area (Å²) in [7, 11) is 0. The normalized spacial score (nSPS) is 10.3. The second-order valence-corrected chi connectivity index (χ2v) is 4.06. The summed E-state index contributed by atoms with van der Waals surface area (Å²) in [5, 5.41) is 27.9. The maximum Gasteiger partial charge on any atom is 0.280 e. The van der Waals surface area contributed by atoms with E-state index in [4.69, 9.17) is 5.26 Å². The van der Waals surface area contributed by atoms with Gasteiger partial charge in [0.1, 0.15) is 6.07 Å². The third-order valence-corrected chi connectivity index (χ3v) is 2.87. The first-order valence-corrected chi connectivity index (χ1v) is 5.69. The minimum Gasteiger partial charge on any atom is -0.281 e. The van der Waals surface area contributed by atoms with Crippen LogP contribution < -0.4 is 0 Å². The minimum atomic E-state index is -0.468. The van der Waals surface area contributed by atoms with E-state index in [9.17, 15) is 10.1 Å². The first kappa shape index (κ1) is 11.8. The van der Waals surface area contributed by atoms with E-state index in [0.717, 1.165) is 0 Å². The summed E-state index contributed by atoms with van der Waals surface area (Å²) in [6.45, 7) is 0. The molecular weight excluding hydrogens is 258 g/mol. The average Bonchev–Trinajstić information content (AvgIpc) is 2.89. The number of nitriles is 1. The SMILES string of the molecule is N#Cc1ccc2nnc(-c3ccccc3[N+](=O)[O-])n2c1. The number of nitro benzene ring substituents is 1. The largest absolute Gasteiger partial charge is 0.281 e. The van der Waals surface area contributed by atoms with Gasteiger partial charge < -0.3 is 0 Å². The van der Waals surface area contributed by atoms with Crippen LogP contribution in [0.15, 0.2) is 42.6 Å². The maximum atomic E-state index is 11.1. The molecular formula is C13H7N5O2. The third kappa shape index (κ3) is 1.76. The molecule has 0 amide bonds. The van der Waals surface area contributed by atoms with Crippen molar-refractivity contribution in [1.29, 1.82) is 5.26 Å². The van der Waals surface area contributed by atoms with Gasteiger partial charge in [0.2, 0.25) is 0 Å². The molecule has 0 N–H and O–H groups in total. The molecule has 0 fully saturated rings. The predicted octanol–water partition coefficient (Wildman–Crippen LogP) is 2.18. The summed E-state index contributed by atoms with van der Waals surface area (Å²) >= 11 is 0. The van der Waals surface area contributed by atoms with Gasteiger partial charge in [-0.2, -0.15) is 5.26 Å². The van der Waals surface area contributed by atoms with Crippen molar-refractivity contribution in [3.63, 3.8) is 0 Å². The van der Waals surface area contributed by atoms with E-state index in [1.54, 1.807) is 40.9 Å². The van der Waals surface area contributed by atoms with E-state index in [-0.39, 0.29) is 5.69 Å². The van der Waals surface area contributed by atoms with E-state index in [2.05, 4.69) is 10.2 Å². The fourth-order valence-corrected chi connectivity index (χ4v) is 1.96. The van der Waals surface area contributed by atoms with Crippen molar-refractivity contribution < 1.29 is 4.92 Å². The molecule has 0 unspecified atom stereocenters. The van der Waals surface area contributed by atoms with Gasteiger partial charge in [-0.3, -0.25) is 14.5 Å². The first-order valence-electron chi connectivity index (χ1n) is 5.69. The van der Waals surface area contributed by atoms with E-state index >= 15 is 0 Å². The molecule has 7 heteroatoms. The van der Waals surface area contributed by atoms with E-state index in [1.165, 1.54) is 6.07 Å². The fourth-order valence-electron chi connectivity index (χ4n) is 1.96. The van der Waals surface area contributed by atoms with Crippen molar-refractivity contribution in [2.75, 3.05) is 0 Å². The quantitative estimate of drug-likeness (QED) is 0.522. The zero-order chi connectivity index (χ0) is 14.1. The molecule has 0 spiro atoms. The van der Waals surface area contributed by atoms with Crippen molar-refractivity contribution >= 4 is 11.3 Å². The molecule has 7 nitrogen and oxygen atoms in total. The Balaban J connectivity index is 2.30. The van der Waals surface area contributed by atoms with Gasteiger partial charge in [0.25, 0.3) is 5.69 Å². The Labute approximate surface area is 112 Å². The van der Waals surface area contributed by atoms with Gasteiger partial charge in [-0.25, -0.2) is 0 Å². The molecule has 20 heavy (non-hydrogen) atoms. The predicted molar refractivity (Wildman–Crippen MR) is 69.8 cm³/mol. The summed E-state index contributed by atoms with van der Waals surface area (Å²) in [5.41, 5.74) is 1.26. The van der Waals surface area contributed by atoms with Gasteiger partial charge in [0.05, 0.1) is 16.1 Å². The lowest BCUT2D eigenvalue weighted by Gasteiger charge is -2.01. The highest BCUT2D eigenvalue weighted by molar-refractivity contribution is 5.70. The maximum absolute atomic E-state index is 11.1. The minimum absolute atomic E-state index is 0.0517. The number of nitro groups is 1. The molecule has 0 bridgehead atoms. The average molecular weight is 265 g/mol. The number of fused-ring (bicyclic) bond motifs is 1. The van der Waals surface area contributed by atoms with Gasteiger partial charge in [-0.15, -0.1) is 10.2 Å². The number of aromatic nitrogens is 3. The van der Waals surface area contributed by atoms with Crippen molar-refractivity contribution in [3.05, 3.63) is 58.3 Å². The first-order chi connectivity index (χ1) is 9.70. The Morgan fingerprint density at radius 2 is 2.00 bits per heavy atom. The van der Waals surface area contributed by atoms with Gasteiger partial charge in [0.15, 0.2) is 11.5 Å². The third-order valence-electron chi connectivity index (χ3n) is 2.87. The molecule has 2 aromatic heterocycles. The van der Waals surface area contributed by atoms with E-state index in [1.807, 2.05) is 6.07 Å². The lowest BCUT2D eigenvalue weighted by Crippen LogP contribution is -1.96. The number of pyridine rings is 1. The van der Waals surface area contributed by atoms with Gasteiger partial charge in [-0.1, -0.05) is 12.1 Å². The van der Waals surface area contributed by atoms with Gasteiger partial charge in [-0.05, 0) is 18.2 Å². The van der Waals surface area contributed by atoms with Crippen LogP contribution in [-0.4, -0.2) is 19.5 Å². The van der Waals surface area contributed by atoms with Crippen LogP contribution in [0.4, 0.5) is 5.69 Å². The zero-order valence-electron chi connectivity index (χ0n) is 10.1. The summed E-state index contributed by atoms with van der Waals surface area (Å²) < 4.78 is 1.57. The van der Waals surface area contributed by atoms with Gasteiger partial charge in [0, 0.05) is 12.3 Å². The van der Waals surface area contributed by atoms with E-state index in [0.29, 0.717) is 22.6 Å². The molecule has 3 rings (SSSR count). The monoisotopic (exact) mass is 265 g/mol. The Morgan fingerprint density at radius 1 is 1.20 bits per heavy atom. The van der Waals surface area contributed by atoms with Crippen molar-refractivity contribution in [2.24, 2.45) is 0 Å². The number of benzene rings is 1. The smallest absolute Gasteiger partial charge is 0.280 e. The van der Waals surface area contributed by atoms with Gasteiger partial charge >= 0.3 is 0 Å². The van der Waals surface area contributed by atoms with Crippen LogP contribution in [-0.2, 0) is 0 Å². The number of rotatable bonds is 2. The Kier molecular flexibility index (Phi) is 2.62. The van der Waals surface area contributed by atoms with Crippen LogP contribution in [0.3, 0.4) is 0 Å². The van der Waals surface area contributed by atoms with Crippen molar-refractivity contribution in [1.82, 2.24) is 14.6 Å². The molecule has 0 atom stereocenters. The van der Waals surface area contributed by atoms with Crippen molar-refractivity contribution in [2.45, 2.75) is 0 Å². The summed E-state index contributed by atoms with van der Waals surface area (Å²) in [4.78, 5) is 10.6. The molecule has 0 saturated heterocycles. The van der Waals surface area contributed by atoms with Crippen LogP contribution in [0.25, 0.3) is 17.0 Å². The molecule has 1 aromatic carbocycles. The molecule has 2 heterocycles. The summed E-state index contributed by atoms with van der Waals surface area (Å²) in [6.07, 6.45) is 1.56. The molecule has 0 aliphatic heterocycles. The molecule has 0 aliphatic rings. The topological polar surface area (TPSA) is 97.1 Å². The highest BCUT2D eigenvalue weighted by Crippen LogP contribution is 2.28. The lowest BCUT2D eigenvalue weighted by atomic mass is 10.1.